The topological polar surface area (TPSA) is 78.4 Å². The highest BCUT2D eigenvalue weighted by Crippen LogP contribution is 2.44. The van der Waals surface area contributed by atoms with Gasteiger partial charge >= 0.3 is 12.0 Å². The molecule has 0 aromatic carbocycles. The summed E-state index contributed by atoms with van der Waals surface area (Å²) in [5.74, 6) is 0.331. The largest absolute Gasteiger partial charge is 0.480 e. The highest BCUT2D eigenvalue weighted by Gasteiger charge is 2.40. The maximum Gasteiger partial charge on any atom is 0.328 e. The molecule has 2 aliphatic carbocycles. The standard InChI is InChI=1S/C12H20N2O3/c1-12(2,10(15)16)14-11(17)13-9-6-7-3-4-8(9)5-7/h7-9H,3-6H2,1-2H3,(H,15,16)(H2,13,14,17). The number of urea groups is 1. The molecule has 5 nitrogen and oxygen atoms in total. The van der Waals surface area contributed by atoms with Crippen molar-refractivity contribution >= 4 is 12.0 Å². The van der Waals surface area contributed by atoms with Crippen LogP contribution in [-0.4, -0.2) is 28.7 Å². The Morgan fingerprint density at radius 2 is 1.94 bits per heavy atom. The van der Waals surface area contributed by atoms with Crippen molar-refractivity contribution in [2.24, 2.45) is 11.8 Å². The van der Waals surface area contributed by atoms with Gasteiger partial charge in [0.05, 0.1) is 0 Å². The second-order valence-electron chi connectivity index (χ2n) is 5.81. The lowest BCUT2D eigenvalue weighted by Crippen LogP contribution is -2.55. The SMILES string of the molecule is CC(C)(NC(=O)NC1CC2CCC1C2)C(=O)O. The molecule has 0 saturated heterocycles. The maximum absolute atomic E-state index is 11.7. The lowest BCUT2D eigenvalue weighted by Gasteiger charge is -2.26. The van der Waals surface area contributed by atoms with Crippen LogP contribution in [-0.2, 0) is 4.79 Å². The minimum absolute atomic E-state index is 0.235. The van der Waals surface area contributed by atoms with Gasteiger partial charge in [-0.2, -0.15) is 0 Å². The van der Waals surface area contributed by atoms with E-state index >= 15 is 0 Å². The number of carbonyl (C=O) groups excluding carboxylic acids is 1. The van der Waals surface area contributed by atoms with Gasteiger partial charge in [0, 0.05) is 6.04 Å². The molecule has 96 valence electrons. The summed E-state index contributed by atoms with van der Waals surface area (Å²) in [6.45, 7) is 2.96. The van der Waals surface area contributed by atoms with Crippen LogP contribution in [0, 0.1) is 11.8 Å². The molecule has 5 heteroatoms. The second-order valence-corrected chi connectivity index (χ2v) is 5.81. The Bertz CT molecular complexity index is 341. The third-order valence-corrected chi connectivity index (χ3v) is 4.02. The van der Waals surface area contributed by atoms with E-state index in [1.165, 1.54) is 33.1 Å². The molecule has 2 amide bonds. The van der Waals surface area contributed by atoms with E-state index in [1.807, 2.05) is 0 Å². The van der Waals surface area contributed by atoms with E-state index in [9.17, 15) is 9.59 Å². The van der Waals surface area contributed by atoms with E-state index in [-0.39, 0.29) is 12.1 Å². The van der Waals surface area contributed by atoms with E-state index in [2.05, 4.69) is 10.6 Å². The Morgan fingerprint density at radius 1 is 1.24 bits per heavy atom. The minimum atomic E-state index is -1.22. The smallest absolute Gasteiger partial charge is 0.328 e. The number of hydrogen-bond acceptors (Lipinski definition) is 2. The summed E-state index contributed by atoms with van der Waals surface area (Å²) in [5.41, 5.74) is -1.22. The Balaban J connectivity index is 1.84. The number of carbonyl (C=O) groups is 2. The van der Waals surface area contributed by atoms with E-state index < -0.39 is 11.5 Å². The van der Waals surface area contributed by atoms with Crippen LogP contribution in [0.3, 0.4) is 0 Å². The van der Waals surface area contributed by atoms with Gasteiger partial charge in [-0.25, -0.2) is 9.59 Å². The molecule has 3 atom stereocenters. The number of amides is 2. The lowest BCUT2D eigenvalue weighted by molar-refractivity contribution is -0.142. The van der Waals surface area contributed by atoms with Crippen LogP contribution in [0.2, 0.25) is 0 Å². The summed E-state index contributed by atoms with van der Waals surface area (Å²) in [6, 6.07) is -0.131. The third-order valence-electron chi connectivity index (χ3n) is 4.02. The number of nitrogens with one attached hydrogen (secondary N) is 2. The molecule has 0 aromatic rings. The molecule has 0 radical (unpaired) electrons. The molecule has 2 saturated carbocycles. The molecule has 2 fully saturated rings. The van der Waals surface area contributed by atoms with E-state index in [1.54, 1.807) is 0 Å². The molecule has 3 unspecified atom stereocenters. The van der Waals surface area contributed by atoms with Crippen LogP contribution >= 0.6 is 0 Å². The van der Waals surface area contributed by atoms with Crippen molar-refractivity contribution in [3.05, 3.63) is 0 Å². The molecule has 0 spiro atoms. The molecule has 2 bridgehead atoms. The van der Waals surface area contributed by atoms with Crippen LogP contribution in [0.5, 0.6) is 0 Å². The normalized spacial score (nSPS) is 31.3. The zero-order chi connectivity index (χ0) is 12.6. The Labute approximate surface area is 101 Å². The van der Waals surface area contributed by atoms with Crippen molar-refractivity contribution in [1.29, 1.82) is 0 Å². The molecule has 2 rings (SSSR count). The first-order valence-corrected chi connectivity index (χ1v) is 6.20. The molecule has 0 aromatic heterocycles. The number of rotatable bonds is 3. The van der Waals surface area contributed by atoms with Crippen molar-refractivity contribution < 1.29 is 14.7 Å². The molecular weight excluding hydrogens is 220 g/mol. The fourth-order valence-corrected chi connectivity index (χ4v) is 2.96. The highest BCUT2D eigenvalue weighted by atomic mass is 16.4. The lowest BCUT2D eigenvalue weighted by atomic mass is 9.95. The van der Waals surface area contributed by atoms with Crippen LogP contribution < -0.4 is 10.6 Å². The number of fused-ring (bicyclic) bond motifs is 2. The Morgan fingerprint density at radius 3 is 2.41 bits per heavy atom. The van der Waals surface area contributed by atoms with Crippen molar-refractivity contribution in [3.63, 3.8) is 0 Å². The Hall–Kier alpha value is -1.26. The fourth-order valence-electron chi connectivity index (χ4n) is 2.96. The number of aliphatic carboxylic acids is 1. The monoisotopic (exact) mass is 240 g/mol. The number of carboxylic acids is 1. The van der Waals surface area contributed by atoms with Crippen molar-refractivity contribution in [2.75, 3.05) is 0 Å². The predicted octanol–water partition coefficient (Wildman–Crippen LogP) is 1.34. The summed E-state index contributed by atoms with van der Waals surface area (Å²) in [6.07, 6.45) is 4.74. The van der Waals surface area contributed by atoms with Gasteiger partial charge in [0.1, 0.15) is 5.54 Å². The first-order valence-electron chi connectivity index (χ1n) is 6.20. The zero-order valence-corrected chi connectivity index (χ0v) is 10.3. The summed E-state index contributed by atoms with van der Waals surface area (Å²) in [7, 11) is 0. The van der Waals surface area contributed by atoms with Crippen molar-refractivity contribution in [1.82, 2.24) is 10.6 Å². The van der Waals surface area contributed by atoms with Gasteiger partial charge in [-0.05, 0) is 44.9 Å². The molecule has 2 aliphatic rings. The van der Waals surface area contributed by atoms with E-state index in [4.69, 9.17) is 5.11 Å². The number of carboxylic acid groups (broad SMARTS) is 1. The van der Waals surface area contributed by atoms with Gasteiger partial charge in [0.15, 0.2) is 0 Å². The molecule has 0 heterocycles. The van der Waals surface area contributed by atoms with Gasteiger partial charge in [-0.15, -0.1) is 0 Å². The van der Waals surface area contributed by atoms with Gasteiger partial charge < -0.3 is 15.7 Å². The quantitative estimate of drug-likeness (QED) is 0.696. The summed E-state index contributed by atoms with van der Waals surface area (Å²) < 4.78 is 0. The molecule has 3 N–H and O–H groups in total. The van der Waals surface area contributed by atoms with Crippen molar-refractivity contribution in [2.45, 2.75) is 51.1 Å². The van der Waals surface area contributed by atoms with Gasteiger partial charge in [0.2, 0.25) is 0 Å². The van der Waals surface area contributed by atoms with Crippen LogP contribution in [0.4, 0.5) is 4.79 Å². The van der Waals surface area contributed by atoms with Crippen LogP contribution in [0.15, 0.2) is 0 Å². The maximum atomic E-state index is 11.7. The first kappa shape index (κ1) is 12.2. The fraction of sp³-hybridized carbons (Fsp3) is 0.833. The van der Waals surface area contributed by atoms with E-state index in [0.717, 1.165) is 12.3 Å². The molecular formula is C12H20N2O3. The van der Waals surface area contributed by atoms with Crippen LogP contribution in [0.25, 0.3) is 0 Å². The van der Waals surface area contributed by atoms with Crippen molar-refractivity contribution in [3.8, 4) is 0 Å². The first-order chi connectivity index (χ1) is 7.88. The zero-order valence-electron chi connectivity index (χ0n) is 10.3. The second kappa shape index (κ2) is 4.20. The minimum Gasteiger partial charge on any atom is -0.480 e. The van der Waals surface area contributed by atoms with Gasteiger partial charge in [0.25, 0.3) is 0 Å². The van der Waals surface area contributed by atoms with Gasteiger partial charge in [-0.3, -0.25) is 0 Å². The summed E-state index contributed by atoms with van der Waals surface area (Å²) >= 11 is 0. The summed E-state index contributed by atoms with van der Waals surface area (Å²) in [5, 5.41) is 14.3. The third kappa shape index (κ3) is 2.53. The Kier molecular flexibility index (Phi) is 3.02. The average Bonchev–Trinajstić information content (AvgIpc) is 2.77. The summed E-state index contributed by atoms with van der Waals surface area (Å²) in [4.78, 5) is 22.6. The average molecular weight is 240 g/mol. The number of hydrogen-bond donors (Lipinski definition) is 3. The van der Waals surface area contributed by atoms with Gasteiger partial charge in [-0.1, -0.05) is 6.42 Å². The predicted molar refractivity (Wildman–Crippen MR) is 62.6 cm³/mol. The molecule has 17 heavy (non-hydrogen) atoms. The van der Waals surface area contributed by atoms with Crippen LogP contribution in [0.1, 0.15) is 39.5 Å². The van der Waals surface area contributed by atoms with E-state index in [0.29, 0.717) is 5.92 Å². The highest BCUT2D eigenvalue weighted by molar-refractivity contribution is 5.85. The molecule has 0 aliphatic heterocycles.